The monoisotopic (exact) mass is 537 g/mol. The van der Waals surface area contributed by atoms with Crippen molar-refractivity contribution in [1.82, 2.24) is 10.6 Å². The van der Waals surface area contributed by atoms with Crippen LogP contribution in [0.4, 0.5) is 13.2 Å². The first kappa shape index (κ1) is 26.8. The number of sulfone groups is 1. The quantitative estimate of drug-likeness (QED) is 0.302. The lowest BCUT2D eigenvalue weighted by molar-refractivity contribution is -0.274. The van der Waals surface area contributed by atoms with Crippen molar-refractivity contribution >= 4 is 39.8 Å². The Morgan fingerprint density at radius 3 is 2.32 bits per heavy atom. The van der Waals surface area contributed by atoms with Crippen LogP contribution in [0.15, 0.2) is 29.3 Å². The first-order valence-electron chi connectivity index (χ1n) is 8.27. The number of para-hydroxylation sites is 1. The van der Waals surface area contributed by atoms with Gasteiger partial charge < -0.3 is 15.4 Å². The minimum absolute atomic E-state index is 0. The molecule has 0 atom stereocenters. The average molecular weight is 537 g/mol. The number of benzene rings is 1. The van der Waals surface area contributed by atoms with Crippen molar-refractivity contribution in [2.75, 3.05) is 25.6 Å². The van der Waals surface area contributed by atoms with E-state index in [4.69, 9.17) is 0 Å². The number of alkyl halides is 3. The first-order valence-corrected chi connectivity index (χ1v) is 10.3. The Kier molecular flexibility index (Phi) is 10.6. The molecule has 0 aliphatic heterocycles. The molecule has 0 heterocycles. The highest BCUT2D eigenvalue weighted by atomic mass is 127. The summed E-state index contributed by atoms with van der Waals surface area (Å²) in [6, 6.07) is 5.85. The summed E-state index contributed by atoms with van der Waals surface area (Å²) in [5.41, 5.74) is 0.0203. The number of hydrogen-bond donors (Lipinski definition) is 2. The van der Waals surface area contributed by atoms with E-state index in [2.05, 4.69) is 20.4 Å². The van der Waals surface area contributed by atoms with Crippen LogP contribution in [0.25, 0.3) is 0 Å². The summed E-state index contributed by atoms with van der Waals surface area (Å²) in [6.07, 6.45) is -3.10. The second-order valence-electron chi connectivity index (χ2n) is 6.98. The topological polar surface area (TPSA) is 79.8 Å². The minimum atomic E-state index is -4.76. The maximum Gasteiger partial charge on any atom is 0.573 e. The second kappa shape index (κ2) is 11.1. The fourth-order valence-electron chi connectivity index (χ4n) is 2.15. The van der Waals surface area contributed by atoms with Crippen LogP contribution >= 0.6 is 24.0 Å². The molecule has 0 fully saturated rings. The summed E-state index contributed by atoms with van der Waals surface area (Å²) >= 11 is 0. The zero-order valence-corrected chi connectivity index (χ0v) is 19.4. The summed E-state index contributed by atoms with van der Waals surface area (Å²) in [4.78, 5) is 4.03. The first-order chi connectivity index (χ1) is 12.3. The van der Waals surface area contributed by atoms with Crippen LogP contribution in [-0.2, 0) is 16.4 Å². The third-order valence-electron chi connectivity index (χ3n) is 3.75. The molecule has 11 heteroatoms. The molecule has 0 radical (unpaired) electrons. The number of nitrogens with one attached hydrogen (secondary N) is 2. The lowest BCUT2D eigenvalue weighted by Gasteiger charge is -2.26. The normalized spacial score (nSPS) is 12.9. The predicted octanol–water partition coefficient (Wildman–Crippen LogP) is 3.33. The molecular weight excluding hydrogens is 510 g/mol. The van der Waals surface area contributed by atoms with E-state index >= 15 is 0 Å². The minimum Gasteiger partial charge on any atom is -0.405 e. The van der Waals surface area contributed by atoms with E-state index in [1.165, 1.54) is 31.5 Å². The van der Waals surface area contributed by atoms with Crippen molar-refractivity contribution < 1.29 is 26.3 Å². The average Bonchev–Trinajstić information content (AvgIpc) is 2.52. The van der Waals surface area contributed by atoms with E-state index < -0.39 is 16.2 Å². The van der Waals surface area contributed by atoms with Gasteiger partial charge in [-0.05, 0) is 17.9 Å². The van der Waals surface area contributed by atoms with Crippen molar-refractivity contribution in [1.29, 1.82) is 0 Å². The Balaban J connectivity index is 0.00000729. The van der Waals surface area contributed by atoms with Gasteiger partial charge in [0.25, 0.3) is 0 Å². The number of rotatable bonds is 8. The summed E-state index contributed by atoms with van der Waals surface area (Å²) in [6.45, 7) is 4.37. The number of hydrogen-bond acceptors (Lipinski definition) is 4. The third kappa shape index (κ3) is 11.6. The van der Waals surface area contributed by atoms with Crippen molar-refractivity contribution in [3.05, 3.63) is 29.8 Å². The van der Waals surface area contributed by atoms with Crippen LogP contribution in [0.2, 0.25) is 0 Å². The smallest absolute Gasteiger partial charge is 0.405 e. The molecule has 6 nitrogen and oxygen atoms in total. The van der Waals surface area contributed by atoms with Crippen LogP contribution in [0.1, 0.15) is 25.8 Å². The summed E-state index contributed by atoms with van der Waals surface area (Å²) in [5, 5.41) is 6.00. The molecule has 1 aromatic carbocycles. The van der Waals surface area contributed by atoms with E-state index in [1.807, 2.05) is 13.8 Å². The fraction of sp³-hybridized carbons (Fsp3) is 0.588. The van der Waals surface area contributed by atoms with Gasteiger partial charge in [0, 0.05) is 32.0 Å². The highest BCUT2D eigenvalue weighted by molar-refractivity contribution is 14.0. The van der Waals surface area contributed by atoms with Gasteiger partial charge >= 0.3 is 6.36 Å². The van der Waals surface area contributed by atoms with Gasteiger partial charge in [0.15, 0.2) is 5.96 Å². The van der Waals surface area contributed by atoms with Crippen molar-refractivity contribution in [3.63, 3.8) is 0 Å². The standard InChI is InChI=1S/C17H26F3N3O3S.HI/c1-16(2,9-10-27(4,24)25)12-23-15(21-3)22-11-13-7-5-6-8-14(13)26-17(18,19)20;/h5-8H,9-12H2,1-4H3,(H2,21,22,23);1H. The molecule has 0 bridgehead atoms. The molecular formula is C17H27F3IN3O3S. The van der Waals surface area contributed by atoms with Crippen LogP contribution in [0.5, 0.6) is 5.75 Å². The highest BCUT2D eigenvalue weighted by Gasteiger charge is 2.32. The third-order valence-corrected chi connectivity index (χ3v) is 4.70. The zero-order valence-electron chi connectivity index (χ0n) is 16.3. The van der Waals surface area contributed by atoms with E-state index in [9.17, 15) is 21.6 Å². The van der Waals surface area contributed by atoms with Crippen molar-refractivity contribution in [2.24, 2.45) is 10.4 Å². The Morgan fingerprint density at radius 1 is 1.18 bits per heavy atom. The molecule has 0 aliphatic rings. The zero-order chi connectivity index (χ0) is 20.7. The lowest BCUT2D eigenvalue weighted by Crippen LogP contribution is -2.42. The van der Waals surface area contributed by atoms with Gasteiger partial charge in [-0.25, -0.2) is 8.42 Å². The van der Waals surface area contributed by atoms with Gasteiger partial charge in [-0.1, -0.05) is 32.0 Å². The molecule has 0 saturated heterocycles. The fourth-order valence-corrected chi connectivity index (χ4v) is 3.07. The maximum absolute atomic E-state index is 12.5. The predicted molar refractivity (Wildman–Crippen MR) is 115 cm³/mol. The lowest BCUT2D eigenvalue weighted by atomic mass is 9.90. The van der Waals surface area contributed by atoms with Gasteiger partial charge in [-0.3, -0.25) is 4.99 Å². The second-order valence-corrected chi connectivity index (χ2v) is 9.24. The molecule has 2 N–H and O–H groups in total. The number of ether oxygens (including phenoxy) is 1. The summed E-state index contributed by atoms with van der Waals surface area (Å²) in [7, 11) is -1.51. The molecule has 0 spiro atoms. The van der Waals surface area contributed by atoms with Crippen LogP contribution in [0.3, 0.4) is 0 Å². The SMILES string of the molecule is CN=C(NCc1ccccc1OC(F)(F)F)NCC(C)(C)CCS(C)(=O)=O.I. The Hall–Kier alpha value is -1.24. The Bertz CT molecular complexity index is 754. The number of nitrogens with zero attached hydrogens (tertiary/aromatic N) is 1. The van der Waals surface area contributed by atoms with Gasteiger partial charge in [0.1, 0.15) is 15.6 Å². The van der Waals surface area contributed by atoms with Crippen molar-refractivity contribution in [2.45, 2.75) is 33.2 Å². The molecule has 1 rings (SSSR count). The summed E-state index contributed by atoms with van der Waals surface area (Å²) < 4.78 is 64.1. The van der Waals surface area contributed by atoms with Gasteiger partial charge in [0.2, 0.25) is 0 Å². The van der Waals surface area contributed by atoms with Crippen LogP contribution < -0.4 is 15.4 Å². The molecule has 0 aliphatic carbocycles. The number of aliphatic imine (C=N–C) groups is 1. The molecule has 0 saturated carbocycles. The largest absolute Gasteiger partial charge is 0.573 e. The van der Waals surface area contributed by atoms with Crippen LogP contribution in [-0.4, -0.2) is 46.3 Å². The maximum atomic E-state index is 12.5. The Labute approximate surface area is 181 Å². The summed E-state index contributed by atoms with van der Waals surface area (Å²) in [5.74, 6) is 0.196. The van der Waals surface area contributed by atoms with E-state index in [0.29, 0.717) is 24.5 Å². The molecule has 162 valence electrons. The van der Waals surface area contributed by atoms with Gasteiger partial charge in [-0.2, -0.15) is 0 Å². The van der Waals surface area contributed by atoms with E-state index in [-0.39, 0.29) is 47.4 Å². The molecule has 1 aromatic rings. The van der Waals surface area contributed by atoms with Crippen molar-refractivity contribution in [3.8, 4) is 5.75 Å². The molecule has 0 unspecified atom stereocenters. The van der Waals surface area contributed by atoms with Gasteiger partial charge in [0.05, 0.1) is 5.75 Å². The Morgan fingerprint density at radius 2 is 1.79 bits per heavy atom. The van der Waals surface area contributed by atoms with E-state index in [1.54, 1.807) is 6.07 Å². The highest BCUT2D eigenvalue weighted by Crippen LogP contribution is 2.26. The van der Waals surface area contributed by atoms with Crippen LogP contribution in [0, 0.1) is 5.41 Å². The molecule has 0 aromatic heterocycles. The van der Waals surface area contributed by atoms with E-state index in [0.717, 1.165) is 0 Å². The van der Waals surface area contributed by atoms with Gasteiger partial charge in [-0.15, -0.1) is 37.1 Å². The molecule has 0 amide bonds. The molecule has 28 heavy (non-hydrogen) atoms. The number of halogens is 4. The number of guanidine groups is 1.